The fourth-order valence-electron chi connectivity index (χ4n) is 4.04. The van der Waals surface area contributed by atoms with Crippen LogP contribution >= 0.6 is 0 Å². The monoisotopic (exact) mass is 288 g/mol. The smallest absolute Gasteiger partial charge is 0.161 e. The van der Waals surface area contributed by atoms with E-state index in [4.69, 9.17) is 9.47 Å². The van der Waals surface area contributed by atoms with Crippen molar-refractivity contribution in [1.29, 1.82) is 0 Å². The molecule has 21 heavy (non-hydrogen) atoms. The van der Waals surface area contributed by atoms with Gasteiger partial charge in [-0.2, -0.15) is 0 Å². The molecule has 3 heterocycles. The van der Waals surface area contributed by atoms with Crippen molar-refractivity contribution in [1.82, 2.24) is 10.2 Å². The van der Waals surface area contributed by atoms with E-state index in [1.165, 1.54) is 31.2 Å². The molecule has 2 unspecified atom stereocenters. The van der Waals surface area contributed by atoms with Crippen molar-refractivity contribution in [2.45, 2.75) is 50.4 Å². The molecule has 2 bridgehead atoms. The number of benzene rings is 1. The van der Waals surface area contributed by atoms with E-state index in [0.717, 1.165) is 30.1 Å². The molecule has 0 aliphatic carbocycles. The lowest BCUT2D eigenvalue weighted by Crippen LogP contribution is -2.46. The van der Waals surface area contributed by atoms with Crippen LogP contribution in [0.2, 0.25) is 0 Å². The Morgan fingerprint density at radius 2 is 1.81 bits per heavy atom. The van der Waals surface area contributed by atoms with Gasteiger partial charge in [-0.15, -0.1) is 0 Å². The molecule has 4 rings (SSSR count). The molecule has 2 saturated heterocycles. The Bertz CT molecular complexity index is 506. The van der Waals surface area contributed by atoms with Crippen LogP contribution in [0.25, 0.3) is 0 Å². The second kappa shape index (κ2) is 5.50. The highest BCUT2D eigenvalue weighted by molar-refractivity contribution is 5.43. The van der Waals surface area contributed by atoms with Crippen LogP contribution in [0.5, 0.6) is 11.5 Å². The van der Waals surface area contributed by atoms with Gasteiger partial charge in [-0.25, -0.2) is 0 Å². The largest absolute Gasteiger partial charge is 0.486 e. The Kier molecular flexibility index (Phi) is 3.51. The van der Waals surface area contributed by atoms with Crippen molar-refractivity contribution in [3.8, 4) is 11.5 Å². The van der Waals surface area contributed by atoms with Crippen LogP contribution in [0.3, 0.4) is 0 Å². The lowest BCUT2D eigenvalue weighted by atomic mass is 9.98. The van der Waals surface area contributed by atoms with Gasteiger partial charge in [-0.05, 0) is 50.4 Å². The number of piperidine rings is 1. The van der Waals surface area contributed by atoms with E-state index in [1.807, 2.05) is 6.07 Å². The van der Waals surface area contributed by atoms with Crippen LogP contribution in [-0.4, -0.2) is 43.3 Å². The zero-order valence-electron chi connectivity index (χ0n) is 12.7. The Balaban J connectivity index is 1.37. The first-order valence-electron chi connectivity index (χ1n) is 8.13. The summed E-state index contributed by atoms with van der Waals surface area (Å²) in [5.41, 5.74) is 1.28. The maximum absolute atomic E-state index is 5.65. The maximum atomic E-state index is 5.65. The molecular weight excluding hydrogens is 264 g/mol. The van der Waals surface area contributed by atoms with Gasteiger partial charge in [-0.1, -0.05) is 6.07 Å². The van der Waals surface area contributed by atoms with Crippen molar-refractivity contribution in [2.75, 3.05) is 20.3 Å². The summed E-state index contributed by atoms with van der Waals surface area (Å²) in [7, 11) is 2.29. The first kappa shape index (κ1) is 13.4. The standard InChI is InChI=1S/C17H24N2O2/c1-19-14-3-4-15(19)10-13(9-14)18-11-12-2-5-16-17(8-12)21-7-6-20-16/h2,5,8,13-15,18H,3-4,6-7,9-11H2,1H3. The molecule has 1 aromatic carbocycles. The molecular formula is C17H24N2O2. The van der Waals surface area contributed by atoms with Gasteiger partial charge in [0, 0.05) is 24.7 Å². The van der Waals surface area contributed by atoms with Gasteiger partial charge in [0.15, 0.2) is 11.5 Å². The van der Waals surface area contributed by atoms with Crippen molar-refractivity contribution in [3.63, 3.8) is 0 Å². The van der Waals surface area contributed by atoms with E-state index < -0.39 is 0 Å². The lowest BCUT2D eigenvalue weighted by molar-refractivity contribution is 0.148. The molecule has 0 amide bonds. The summed E-state index contributed by atoms with van der Waals surface area (Å²) in [5.74, 6) is 1.77. The molecule has 1 aromatic rings. The Hall–Kier alpha value is -1.26. The highest BCUT2D eigenvalue weighted by Crippen LogP contribution is 2.34. The van der Waals surface area contributed by atoms with Crippen molar-refractivity contribution >= 4 is 0 Å². The molecule has 4 nitrogen and oxygen atoms in total. The number of hydrogen-bond donors (Lipinski definition) is 1. The molecule has 3 aliphatic rings. The predicted octanol–water partition coefficient (Wildman–Crippen LogP) is 2.17. The first-order valence-corrected chi connectivity index (χ1v) is 8.13. The summed E-state index contributed by atoms with van der Waals surface area (Å²) in [6.45, 7) is 2.23. The molecule has 2 atom stereocenters. The van der Waals surface area contributed by atoms with Gasteiger partial charge in [-0.3, -0.25) is 0 Å². The van der Waals surface area contributed by atoms with Gasteiger partial charge in [0.05, 0.1) is 0 Å². The Morgan fingerprint density at radius 1 is 1.10 bits per heavy atom. The Labute approximate surface area is 126 Å². The molecule has 1 N–H and O–H groups in total. The minimum atomic E-state index is 0.655. The van der Waals surface area contributed by atoms with Crippen LogP contribution in [0.1, 0.15) is 31.2 Å². The summed E-state index contributed by atoms with van der Waals surface area (Å²) < 4.78 is 11.2. The highest BCUT2D eigenvalue weighted by Gasteiger charge is 2.38. The average molecular weight is 288 g/mol. The van der Waals surface area contributed by atoms with E-state index in [1.54, 1.807) is 0 Å². The minimum absolute atomic E-state index is 0.655. The molecule has 0 saturated carbocycles. The van der Waals surface area contributed by atoms with Gasteiger partial charge < -0.3 is 19.7 Å². The van der Waals surface area contributed by atoms with Gasteiger partial charge >= 0.3 is 0 Å². The fourth-order valence-corrected chi connectivity index (χ4v) is 4.04. The molecule has 0 spiro atoms. The van der Waals surface area contributed by atoms with Crippen LogP contribution in [0.4, 0.5) is 0 Å². The number of nitrogens with zero attached hydrogens (tertiary/aromatic N) is 1. The van der Waals surface area contributed by atoms with E-state index in [0.29, 0.717) is 19.3 Å². The number of ether oxygens (including phenoxy) is 2. The third-order valence-electron chi connectivity index (χ3n) is 5.30. The first-order chi connectivity index (χ1) is 10.3. The second-order valence-corrected chi connectivity index (χ2v) is 6.58. The van der Waals surface area contributed by atoms with Gasteiger partial charge in [0.1, 0.15) is 13.2 Å². The summed E-state index contributed by atoms with van der Waals surface area (Å²) in [6.07, 6.45) is 5.34. The van der Waals surface area contributed by atoms with Crippen LogP contribution in [-0.2, 0) is 6.54 Å². The van der Waals surface area contributed by atoms with Gasteiger partial charge in [0.2, 0.25) is 0 Å². The molecule has 3 aliphatic heterocycles. The molecule has 2 fully saturated rings. The average Bonchev–Trinajstić information content (AvgIpc) is 2.75. The summed E-state index contributed by atoms with van der Waals surface area (Å²) in [5, 5.41) is 3.74. The third kappa shape index (κ3) is 2.62. The topological polar surface area (TPSA) is 33.7 Å². The van der Waals surface area contributed by atoms with Crippen molar-refractivity contribution in [2.24, 2.45) is 0 Å². The summed E-state index contributed by atoms with van der Waals surface area (Å²) in [4.78, 5) is 2.59. The predicted molar refractivity (Wildman–Crippen MR) is 81.9 cm³/mol. The maximum Gasteiger partial charge on any atom is 0.161 e. The second-order valence-electron chi connectivity index (χ2n) is 6.58. The zero-order chi connectivity index (χ0) is 14.2. The van der Waals surface area contributed by atoms with E-state index >= 15 is 0 Å². The molecule has 114 valence electrons. The number of fused-ring (bicyclic) bond motifs is 3. The lowest BCUT2D eigenvalue weighted by Gasteiger charge is -2.36. The third-order valence-corrected chi connectivity index (χ3v) is 5.30. The van der Waals surface area contributed by atoms with E-state index in [-0.39, 0.29) is 0 Å². The Morgan fingerprint density at radius 3 is 2.57 bits per heavy atom. The fraction of sp³-hybridized carbons (Fsp3) is 0.647. The normalized spacial score (nSPS) is 31.4. The molecule has 4 heteroatoms. The number of nitrogens with one attached hydrogen (secondary N) is 1. The highest BCUT2D eigenvalue weighted by atomic mass is 16.6. The van der Waals surface area contributed by atoms with E-state index in [2.05, 4.69) is 29.4 Å². The minimum Gasteiger partial charge on any atom is -0.486 e. The summed E-state index contributed by atoms with van der Waals surface area (Å²) in [6, 6.07) is 8.54. The van der Waals surface area contributed by atoms with Crippen molar-refractivity contribution in [3.05, 3.63) is 23.8 Å². The van der Waals surface area contributed by atoms with Crippen LogP contribution < -0.4 is 14.8 Å². The zero-order valence-corrected chi connectivity index (χ0v) is 12.7. The molecule has 0 radical (unpaired) electrons. The van der Waals surface area contributed by atoms with Crippen molar-refractivity contribution < 1.29 is 9.47 Å². The molecule has 0 aromatic heterocycles. The number of rotatable bonds is 3. The van der Waals surface area contributed by atoms with Crippen LogP contribution in [0, 0.1) is 0 Å². The summed E-state index contributed by atoms with van der Waals surface area (Å²) >= 11 is 0. The van der Waals surface area contributed by atoms with Crippen LogP contribution in [0.15, 0.2) is 18.2 Å². The van der Waals surface area contributed by atoms with Gasteiger partial charge in [0.25, 0.3) is 0 Å². The van der Waals surface area contributed by atoms with E-state index in [9.17, 15) is 0 Å². The quantitative estimate of drug-likeness (QED) is 0.924. The number of hydrogen-bond acceptors (Lipinski definition) is 4. The SMILES string of the molecule is CN1C2CCC1CC(NCc1ccc3c(c1)OCCO3)C2.